The largest absolute Gasteiger partial charge is 0.0680 e. The van der Waals surface area contributed by atoms with Crippen molar-refractivity contribution in [3.63, 3.8) is 0 Å². The number of rotatable bonds is 1. The van der Waals surface area contributed by atoms with E-state index < -0.39 is 8.07 Å². The zero-order valence-electron chi connectivity index (χ0n) is 12.5. The lowest BCUT2D eigenvalue weighted by Crippen LogP contribution is -2.54. The van der Waals surface area contributed by atoms with Gasteiger partial charge in [-0.2, -0.15) is 0 Å². The average Bonchev–Trinajstić information content (AvgIpc) is 2.14. The molecule has 0 aromatic carbocycles. The molecule has 0 saturated heterocycles. The normalized spacial score (nSPS) is 21.2. The van der Waals surface area contributed by atoms with Crippen molar-refractivity contribution in [3.8, 4) is 0 Å². The van der Waals surface area contributed by atoms with Gasteiger partial charge < -0.3 is 0 Å². The van der Waals surface area contributed by atoms with E-state index in [0.717, 1.165) is 0 Å². The quantitative estimate of drug-likeness (QED) is 0.512. The number of hydrogen-bond donors (Lipinski definition) is 0. The van der Waals surface area contributed by atoms with Crippen LogP contribution in [0.3, 0.4) is 0 Å². The molecule has 0 aromatic rings. The number of hydrogen-bond acceptors (Lipinski definition) is 0. The van der Waals surface area contributed by atoms with Gasteiger partial charge in [-0.15, -0.1) is 0 Å². The highest BCUT2D eigenvalue weighted by atomic mass is 28.3. The van der Waals surface area contributed by atoms with E-state index >= 15 is 0 Å². The first kappa shape index (κ1) is 14.3. The second-order valence-electron chi connectivity index (χ2n) is 7.79. The fraction of sp³-hybridized carbons (Fsp3) is 0.933. The molecule has 0 nitrogen and oxygen atoms in total. The molecule has 0 aliphatic heterocycles. The van der Waals surface area contributed by atoms with Crippen LogP contribution in [0.5, 0.6) is 0 Å². The molecular weight excluding hydrogens is 208 g/mol. The minimum Gasteiger partial charge on any atom is -0.0680 e. The van der Waals surface area contributed by atoms with Crippen LogP contribution in [-0.4, -0.2) is 8.07 Å². The molecule has 16 heavy (non-hydrogen) atoms. The summed E-state index contributed by atoms with van der Waals surface area (Å²) in [4.78, 5) is 0. The lowest BCUT2D eigenvalue weighted by Gasteiger charge is -2.55. The summed E-state index contributed by atoms with van der Waals surface area (Å²) in [7, 11) is -1.34. The molecule has 0 unspecified atom stereocenters. The Morgan fingerprint density at radius 3 is 1.44 bits per heavy atom. The van der Waals surface area contributed by atoms with Gasteiger partial charge in [0.2, 0.25) is 0 Å². The minimum absolute atomic E-state index is 0.498. The Balaban J connectivity index is 3.04. The van der Waals surface area contributed by atoms with E-state index in [0.29, 0.717) is 10.1 Å². The van der Waals surface area contributed by atoms with Gasteiger partial charge in [-0.1, -0.05) is 67.4 Å². The van der Waals surface area contributed by atoms with Crippen LogP contribution in [0.2, 0.25) is 16.6 Å². The van der Waals surface area contributed by atoms with E-state index in [-0.39, 0.29) is 0 Å². The van der Waals surface area contributed by atoms with Crippen LogP contribution in [0.25, 0.3) is 0 Å². The SMILES string of the molecule is CC(C)(C)[Si](C)([C]1CCCCC1)C(C)(C)C. The average molecular weight is 239 g/mol. The van der Waals surface area contributed by atoms with E-state index in [1.807, 2.05) is 5.54 Å². The van der Waals surface area contributed by atoms with Crippen LogP contribution in [0.4, 0.5) is 0 Å². The molecule has 0 heterocycles. The summed E-state index contributed by atoms with van der Waals surface area (Å²) in [6.07, 6.45) is 7.21. The molecule has 1 rings (SSSR count). The van der Waals surface area contributed by atoms with Crippen LogP contribution in [0.1, 0.15) is 73.6 Å². The van der Waals surface area contributed by atoms with Gasteiger partial charge >= 0.3 is 0 Å². The van der Waals surface area contributed by atoms with E-state index in [9.17, 15) is 0 Å². The van der Waals surface area contributed by atoms with Crippen molar-refractivity contribution in [2.24, 2.45) is 0 Å². The van der Waals surface area contributed by atoms with E-state index in [1.54, 1.807) is 0 Å². The molecule has 95 valence electrons. The third-order valence-corrected chi connectivity index (χ3v) is 13.1. The second-order valence-corrected chi connectivity index (χ2v) is 13.7. The summed E-state index contributed by atoms with van der Waals surface area (Å²) in [5, 5.41) is 0.996. The van der Waals surface area contributed by atoms with Crippen molar-refractivity contribution in [3.05, 3.63) is 5.54 Å². The highest BCUT2D eigenvalue weighted by Crippen LogP contribution is 2.58. The zero-order valence-corrected chi connectivity index (χ0v) is 13.5. The molecule has 1 aliphatic rings. The predicted octanol–water partition coefficient (Wildman–Crippen LogP) is 5.74. The highest BCUT2D eigenvalue weighted by molar-refractivity contribution is 6.88. The summed E-state index contributed by atoms with van der Waals surface area (Å²) in [6.45, 7) is 17.5. The molecule has 0 bridgehead atoms. The van der Waals surface area contributed by atoms with Gasteiger partial charge in [0.25, 0.3) is 0 Å². The van der Waals surface area contributed by atoms with Crippen molar-refractivity contribution < 1.29 is 0 Å². The highest BCUT2D eigenvalue weighted by Gasteiger charge is 2.53. The van der Waals surface area contributed by atoms with E-state index in [2.05, 4.69) is 48.1 Å². The maximum Gasteiger partial charge on any atom is 0.0677 e. The molecule has 0 atom stereocenters. The van der Waals surface area contributed by atoms with E-state index in [4.69, 9.17) is 0 Å². The van der Waals surface area contributed by atoms with Crippen molar-refractivity contribution in [1.29, 1.82) is 0 Å². The molecule has 1 radical (unpaired) electrons. The van der Waals surface area contributed by atoms with Crippen LogP contribution in [-0.2, 0) is 0 Å². The third-order valence-electron chi connectivity index (χ3n) is 5.16. The first-order valence-corrected chi connectivity index (χ1v) is 9.46. The van der Waals surface area contributed by atoms with Gasteiger partial charge in [0.15, 0.2) is 0 Å². The van der Waals surface area contributed by atoms with Crippen LogP contribution in [0.15, 0.2) is 0 Å². The Kier molecular flexibility index (Phi) is 3.99. The second kappa shape index (κ2) is 4.47. The molecule has 1 fully saturated rings. The Hall–Kier alpha value is 0.217. The van der Waals surface area contributed by atoms with Crippen molar-refractivity contribution in [2.45, 2.75) is 90.3 Å². The molecule has 1 saturated carbocycles. The Labute approximate surface area is 104 Å². The fourth-order valence-electron chi connectivity index (χ4n) is 3.66. The monoisotopic (exact) mass is 239 g/mol. The van der Waals surface area contributed by atoms with Crippen molar-refractivity contribution >= 4 is 8.07 Å². The lowest BCUT2D eigenvalue weighted by atomic mass is 10.00. The maximum absolute atomic E-state index is 2.65. The smallest absolute Gasteiger partial charge is 0.0677 e. The van der Waals surface area contributed by atoms with Gasteiger partial charge in [0.05, 0.1) is 8.07 Å². The fourth-order valence-corrected chi connectivity index (χ4v) is 9.39. The van der Waals surface area contributed by atoms with Crippen LogP contribution in [0, 0.1) is 5.54 Å². The Morgan fingerprint density at radius 2 is 1.12 bits per heavy atom. The standard InChI is InChI=1S/C15H31Si/c1-14(2,3)16(7,15(4,5)6)13-11-9-8-10-12-13/h8-12H2,1-7H3. The third kappa shape index (κ3) is 2.39. The van der Waals surface area contributed by atoms with Gasteiger partial charge in [-0.3, -0.25) is 0 Å². The summed E-state index contributed by atoms with van der Waals surface area (Å²) in [5.41, 5.74) is 1.97. The zero-order chi connectivity index (χ0) is 12.6. The predicted molar refractivity (Wildman–Crippen MR) is 77.4 cm³/mol. The molecule has 0 spiro atoms. The molecule has 0 amide bonds. The van der Waals surface area contributed by atoms with Gasteiger partial charge in [0, 0.05) is 0 Å². The molecule has 1 aliphatic carbocycles. The minimum atomic E-state index is -1.34. The molecule has 1 heteroatoms. The van der Waals surface area contributed by atoms with E-state index in [1.165, 1.54) is 32.1 Å². The van der Waals surface area contributed by atoms with Crippen LogP contribution < -0.4 is 0 Å². The Bertz CT molecular complexity index is 209. The summed E-state index contributed by atoms with van der Waals surface area (Å²) >= 11 is 0. The lowest BCUT2D eigenvalue weighted by molar-refractivity contribution is 0.527. The summed E-state index contributed by atoms with van der Waals surface area (Å²) < 4.78 is 0. The topological polar surface area (TPSA) is 0 Å². The first-order chi connectivity index (χ1) is 7.11. The van der Waals surface area contributed by atoms with Gasteiger partial charge in [0.1, 0.15) is 0 Å². The van der Waals surface area contributed by atoms with Gasteiger partial charge in [-0.25, -0.2) is 0 Å². The molecular formula is C15H31Si. The molecule has 0 aromatic heterocycles. The maximum atomic E-state index is 2.65. The first-order valence-electron chi connectivity index (χ1n) is 6.96. The summed E-state index contributed by atoms with van der Waals surface area (Å²) in [6, 6.07) is 0. The van der Waals surface area contributed by atoms with Crippen LogP contribution >= 0.6 is 0 Å². The van der Waals surface area contributed by atoms with Crippen molar-refractivity contribution in [2.75, 3.05) is 0 Å². The Morgan fingerprint density at radius 1 is 0.750 bits per heavy atom. The molecule has 0 N–H and O–H groups in total. The van der Waals surface area contributed by atoms with Crippen molar-refractivity contribution in [1.82, 2.24) is 0 Å². The van der Waals surface area contributed by atoms with Gasteiger partial charge in [-0.05, 0) is 28.5 Å². The summed E-state index contributed by atoms with van der Waals surface area (Å²) in [5.74, 6) is 0.